The molecule has 7 nitrogen and oxygen atoms in total. The van der Waals surface area contributed by atoms with Crippen molar-refractivity contribution in [3.63, 3.8) is 0 Å². The lowest BCUT2D eigenvalue weighted by molar-refractivity contribution is -0.127. The first-order chi connectivity index (χ1) is 10.5. The number of rotatable bonds is 2. The van der Waals surface area contributed by atoms with Crippen LogP contribution in [-0.4, -0.2) is 76.4 Å². The van der Waals surface area contributed by atoms with Crippen LogP contribution >= 0.6 is 0 Å². The van der Waals surface area contributed by atoms with Gasteiger partial charge in [-0.15, -0.1) is 0 Å². The Morgan fingerprint density at radius 3 is 2.59 bits per heavy atom. The summed E-state index contributed by atoms with van der Waals surface area (Å²) in [6.45, 7) is 4.20. The molecule has 7 heteroatoms. The van der Waals surface area contributed by atoms with Gasteiger partial charge in [0.15, 0.2) is 0 Å². The Labute approximate surface area is 130 Å². The highest BCUT2D eigenvalue weighted by molar-refractivity contribution is 5.97. The van der Waals surface area contributed by atoms with Crippen LogP contribution in [0.4, 0.5) is 0 Å². The SMILES string of the molecule is CC1C(=O)N(C)CN1C(=O)c1cnc(C2CCN(C)CC2)[nH]1. The molecule has 1 unspecified atom stereocenters. The van der Waals surface area contributed by atoms with Gasteiger partial charge in [0.1, 0.15) is 17.6 Å². The molecular weight excluding hydrogens is 282 g/mol. The van der Waals surface area contributed by atoms with Crippen molar-refractivity contribution in [1.29, 1.82) is 0 Å². The van der Waals surface area contributed by atoms with Crippen molar-refractivity contribution in [2.45, 2.75) is 31.7 Å². The second-order valence-corrected chi connectivity index (χ2v) is 6.39. The summed E-state index contributed by atoms with van der Waals surface area (Å²) in [5.74, 6) is 1.10. The zero-order valence-corrected chi connectivity index (χ0v) is 13.4. The molecule has 2 saturated heterocycles. The van der Waals surface area contributed by atoms with Crippen LogP contribution in [0.5, 0.6) is 0 Å². The quantitative estimate of drug-likeness (QED) is 0.862. The van der Waals surface area contributed by atoms with E-state index in [1.54, 1.807) is 30.0 Å². The molecule has 0 saturated carbocycles. The van der Waals surface area contributed by atoms with E-state index in [0.717, 1.165) is 31.8 Å². The number of aromatic nitrogens is 2. The van der Waals surface area contributed by atoms with Gasteiger partial charge < -0.3 is 19.7 Å². The maximum atomic E-state index is 12.6. The smallest absolute Gasteiger partial charge is 0.274 e. The zero-order valence-electron chi connectivity index (χ0n) is 13.4. The molecule has 0 aromatic carbocycles. The van der Waals surface area contributed by atoms with Gasteiger partial charge in [-0.25, -0.2) is 4.98 Å². The molecule has 0 aliphatic carbocycles. The largest absolute Gasteiger partial charge is 0.338 e. The summed E-state index contributed by atoms with van der Waals surface area (Å²) in [6.07, 6.45) is 3.71. The summed E-state index contributed by atoms with van der Waals surface area (Å²) in [5.41, 5.74) is 0.476. The molecule has 1 N–H and O–H groups in total. The van der Waals surface area contributed by atoms with Crippen LogP contribution in [0.2, 0.25) is 0 Å². The lowest BCUT2D eigenvalue weighted by Gasteiger charge is -2.27. The van der Waals surface area contributed by atoms with E-state index in [4.69, 9.17) is 0 Å². The Kier molecular flexibility index (Phi) is 3.90. The molecule has 0 bridgehead atoms. The van der Waals surface area contributed by atoms with Gasteiger partial charge in [-0.2, -0.15) is 0 Å². The molecule has 2 fully saturated rings. The molecule has 2 aliphatic rings. The predicted molar refractivity (Wildman–Crippen MR) is 81.3 cm³/mol. The summed E-state index contributed by atoms with van der Waals surface area (Å²) in [4.78, 5) is 37.4. The van der Waals surface area contributed by atoms with Crippen molar-refractivity contribution in [3.8, 4) is 0 Å². The summed E-state index contributed by atoms with van der Waals surface area (Å²) in [6, 6.07) is -0.410. The van der Waals surface area contributed by atoms with Crippen molar-refractivity contribution in [3.05, 3.63) is 17.7 Å². The van der Waals surface area contributed by atoms with Crippen molar-refractivity contribution >= 4 is 11.8 Å². The molecule has 1 aromatic rings. The number of H-pyrrole nitrogens is 1. The number of piperidine rings is 1. The van der Waals surface area contributed by atoms with E-state index in [-0.39, 0.29) is 11.8 Å². The van der Waals surface area contributed by atoms with Crippen molar-refractivity contribution in [1.82, 2.24) is 24.7 Å². The van der Waals surface area contributed by atoms with Gasteiger partial charge in [-0.1, -0.05) is 0 Å². The monoisotopic (exact) mass is 305 g/mol. The third-order valence-electron chi connectivity index (χ3n) is 4.76. The first-order valence-electron chi connectivity index (χ1n) is 7.76. The molecule has 2 amide bonds. The van der Waals surface area contributed by atoms with E-state index in [1.165, 1.54) is 0 Å². The van der Waals surface area contributed by atoms with Gasteiger partial charge in [0.05, 0.1) is 12.9 Å². The van der Waals surface area contributed by atoms with E-state index in [2.05, 4.69) is 21.9 Å². The van der Waals surface area contributed by atoms with Gasteiger partial charge in [0.25, 0.3) is 5.91 Å². The van der Waals surface area contributed by atoms with Crippen LogP contribution in [0.3, 0.4) is 0 Å². The number of aromatic amines is 1. The fraction of sp³-hybridized carbons (Fsp3) is 0.667. The fourth-order valence-corrected chi connectivity index (χ4v) is 3.20. The zero-order chi connectivity index (χ0) is 15.9. The number of hydrogen-bond acceptors (Lipinski definition) is 4. The first-order valence-corrected chi connectivity index (χ1v) is 7.76. The normalized spacial score (nSPS) is 24.3. The minimum Gasteiger partial charge on any atom is -0.338 e. The number of carbonyl (C=O) groups is 2. The van der Waals surface area contributed by atoms with Crippen LogP contribution in [-0.2, 0) is 4.79 Å². The van der Waals surface area contributed by atoms with Gasteiger partial charge in [-0.05, 0) is 39.9 Å². The minimum atomic E-state index is -0.410. The standard InChI is InChI=1S/C15H23N5O2/c1-10-14(21)19(3)9-20(10)15(22)12-8-16-13(17-12)11-4-6-18(2)7-5-11/h8,10-11H,4-7,9H2,1-3H3,(H,16,17). The van der Waals surface area contributed by atoms with Crippen LogP contribution < -0.4 is 0 Å². The molecule has 2 aliphatic heterocycles. The molecule has 3 rings (SSSR count). The van der Waals surface area contributed by atoms with E-state index >= 15 is 0 Å². The molecule has 22 heavy (non-hydrogen) atoms. The molecule has 120 valence electrons. The molecule has 0 spiro atoms. The van der Waals surface area contributed by atoms with E-state index < -0.39 is 6.04 Å². The summed E-state index contributed by atoms with van der Waals surface area (Å²) in [7, 11) is 3.83. The van der Waals surface area contributed by atoms with Gasteiger partial charge in [0.2, 0.25) is 5.91 Å². The third kappa shape index (κ3) is 2.61. The second kappa shape index (κ2) is 5.72. The number of imidazole rings is 1. The Bertz CT molecular complexity index is 576. The van der Waals surface area contributed by atoms with Crippen LogP contribution in [0.1, 0.15) is 42.0 Å². The Hall–Kier alpha value is -1.89. The minimum absolute atomic E-state index is 0.0246. The maximum Gasteiger partial charge on any atom is 0.274 e. The Morgan fingerprint density at radius 2 is 2.00 bits per heavy atom. The topological polar surface area (TPSA) is 72.5 Å². The Balaban J connectivity index is 1.71. The van der Waals surface area contributed by atoms with E-state index in [1.807, 2.05) is 0 Å². The predicted octanol–water partition coefficient (Wildman–Crippen LogP) is 0.479. The number of nitrogens with zero attached hydrogens (tertiary/aromatic N) is 4. The van der Waals surface area contributed by atoms with E-state index in [0.29, 0.717) is 18.3 Å². The molecule has 1 aromatic heterocycles. The highest BCUT2D eigenvalue weighted by Crippen LogP contribution is 2.25. The number of likely N-dealkylation sites (N-methyl/N-ethyl adjacent to an activating group) is 1. The molecule has 3 heterocycles. The number of likely N-dealkylation sites (tertiary alicyclic amines) is 1. The van der Waals surface area contributed by atoms with Gasteiger partial charge in [0, 0.05) is 13.0 Å². The lowest BCUT2D eigenvalue weighted by atomic mass is 9.97. The highest BCUT2D eigenvalue weighted by atomic mass is 16.2. The van der Waals surface area contributed by atoms with Crippen LogP contribution in [0.25, 0.3) is 0 Å². The summed E-state index contributed by atoms with van der Waals surface area (Å²) in [5, 5.41) is 0. The average molecular weight is 305 g/mol. The molecular formula is C15H23N5O2. The maximum absolute atomic E-state index is 12.6. The lowest BCUT2D eigenvalue weighted by Crippen LogP contribution is -2.36. The van der Waals surface area contributed by atoms with Crippen LogP contribution in [0, 0.1) is 0 Å². The van der Waals surface area contributed by atoms with E-state index in [9.17, 15) is 9.59 Å². The first kappa shape index (κ1) is 15.0. The molecule has 0 radical (unpaired) electrons. The highest BCUT2D eigenvalue weighted by Gasteiger charge is 2.37. The van der Waals surface area contributed by atoms with Crippen molar-refractivity contribution in [2.24, 2.45) is 0 Å². The fourth-order valence-electron chi connectivity index (χ4n) is 3.20. The third-order valence-corrected chi connectivity index (χ3v) is 4.76. The summed E-state index contributed by atoms with van der Waals surface area (Å²) < 4.78 is 0. The average Bonchev–Trinajstić information content (AvgIpc) is 3.09. The number of amides is 2. The van der Waals surface area contributed by atoms with Crippen molar-refractivity contribution in [2.75, 3.05) is 33.9 Å². The second-order valence-electron chi connectivity index (χ2n) is 6.39. The van der Waals surface area contributed by atoms with Gasteiger partial charge >= 0.3 is 0 Å². The van der Waals surface area contributed by atoms with Crippen molar-refractivity contribution < 1.29 is 9.59 Å². The molecule has 1 atom stereocenters. The Morgan fingerprint density at radius 1 is 1.32 bits per heavy atom. The number of carbonyl (C=O) groups excluding carboxylic acids is 2. The number of hydrogen-bond donors (Lipinski definition) is 1. The van der Waals surface area contributed by atoms with Crippen LogP contribution in [0.15, 0.2) is 6.20 Å². The number of nitrogens with one attached hydrogen (secondary N) is 1. The summed E-state index contributed by atoms with van der Waals surface area (Å²) >= 11 is 0. The van der Waals surface area contributed by atoms with Gasteiger partial charge in [-0.3, -0.25) is 9.59 Å².